The number of anilines is 3. The van der Waals surface area contributed by atoms with Crippen LogP contribution < -0.4 is 10.2 Å². The van der Waals surface area contributed by atoms with Crippen molar-refractivity contribution in [2.75, 3.05) is 36.6 Å². The van der Waals surface area contributed by atoms with E-state index in [4.69, 9.17) is 4.74 Å². The Morgan fingerprint density at radius 3 is 2.29 bits per heavy atom. The van der Waals surface area contributed by atoms with Crippen LogP contribution in [-0.4, -0.2) is 69.0 Å². The van der Waals surface area contributed by atoms with Gasteiger partial charge >= 0.3 is 6.09 Å². The first kappa shape index (κ1) is 37.0. The number of hydrogen-bond donors (Lipinski definition) is 1. The third-order valence-corrected chi connectivity index (χ3v) is 9.11. The van der Waals surface area contributed by atoms with Gasteiger partial charge in [-0.15, -0.1) is 4.36 Å². The summed E-state index contributed by atoms with van der Waals surface area (Å²) in [6.07, 6.45) is 2.37. The molecule has 268 valence electrons. The minimum atomic E-state index is -3.13. The molecule has 0 bridgehead atoms. The fourth-order valence-corrected chi connectivity index (χ4v) is 6.65. The monoisotopic (exact) mass is 722 g/mol. The first-order valence-electron chi connectivity index (χ1n) is 16.0. The largest absolute Gasteiger partial charge is 0.442 e. The summed E-state index contributed by atoms with van der Waals surface area (Å²) in [6.45, 7) is 5.75. The smallest absolute Gasteiger partial charge is 0.442 e. The van der Waals surface area contributed by atoms with E-state index < -0.39 is 38.9 Å². The molecule has 15 heteroatoms. The van der Waals surface area contributed by atoms with Crippen LogP contribution in [0.2, 0.25) is 0 Å². The van der Waals surface area contributed by atoms with Crippen LogP contribution in [0.25, 0.3) is 11.3 Å². The normalized spacial score (nSPS) is 13.8. The lowest BCUT2D eigenvalue weighted by Gasteiger charge is -2.22. The molecule has 0 fully saturated rings. The number of imide groups is 1. The van der Waals surface area contributed by atoms with Crippen LogP contribution in [0.4, 0.5) is 35.3 Å². The van der Waals surface area contributed by atoms with Crippen LogP contribution in [0.1, 0.15) is 59.9 Å². The maximum absolute atomic E-state index is 14.7. The van der Waals surface area contributed by atoms with E-state index >= 15 is 0 Å². The van der Waals surface area contributed by atoms with E-state index in [1.54, 1.807) is 63.2 Å². The first-order valence-corrected chi connectivity index (χ1v) is 18.1. The molecule has 1 unspecified atom stereocenters. The molecule has 3 amide bonds. The van der Waals surface area contributed by atoms with Gasteiger partial charge in [0.2, 0.25) is 5.95 Å². The van der Waals surface area contributed by atoms with E-state index in [0.29, 0.717) is 53.5 Å². The molecule has 11 nitrogen and oxygen atoms in total. The van der Waals surface area contributed by atoms with Gasteiger partial charge in [-0.1, -0.05) is 12.1 Å². The van der Waals surface area contributed by atoms with E-state index in [2.05, 4.69) is 19.6 Å². The molecule has 1 N–H and O–H groups in total. The summed E-state index contributed by atoms with van der Waals surface area (Å²) in [5.74, 6) is -3.63. The SMILES string of the molecule is CN(CCCCN1C(=O)c2ccccc2C1=O)c1cc(CS(C)(=O)=NC(=O)OC(C)(C)C)cc(Nc2ncc(F)c(-c3ccc(F)cc3F)n2)c1. The molecule has 0 radical (unpaired) electrons. The van der Waals surface area contributed by atoms with Crippen molar-refractivity contribution in [3.05, 3.63) is 101 Å². The molecule has 1 aromatic heterocycles. The highest BCUT2D eigenvalue weighted by Crippen LogP contribution is 2.29. The molecule has 0 spiro atoms. The molecule has 0 aliphatic carbocycles. The van der Waals surface area contributed by atoms with Crippen molar-refractivity contribution in [2.24, 2.45) is 4.36 Å². The van der Waals surface area contributed by atoms with Gasteiger partial charge in [0.15, 0.2) is 5.82 Å². The number of carbonyl (C=O) groups is 3. The zero-order chi connectivity index (χ0) is 37.1. The minimum Gasteiger partial charge on any atom is -0.442 e. The third-order valence-electron chi connectivity index (χ3n) is 7.70. The van der Waals surface area contributed by atoms with Gasteiger partial charge < -0.3 is 15.0 Å². The zero-order valence-corrected chi connectivity index (χ0v) is 29.5. The van der Waals surface area contributed by atoms with Crippen LogP contribution in [0, 0.1) is 17.5 Å². The van der Waals surface area contributed by atoms with E-state index in [1.165, 1.54) is 11.2 Å². The highest BCUT2D eigenvalue weighted by Gasteiger charge is 2.34. The maximum atomic E-state index is 14.7. The van der Waals surface area contributed by atoms with Gasteiger partial charge in [-0.25, -0.2) is 32.1 Å². The molecule has 4 aromatic rings. The number of nitrogens with zero attached hydrogens (tertiary/aromatic N) is 5. The van der Waals surface area contributed by atoms with Gasteiger partial charge in [-0.2, -0.15) is 0 Å². The number of fused-ring (bicyclic) bond motifs is 1. The maximum Gasteiger partial charge on any atom is 0.442 e. The summed E-state index contributed by atoms with van der Waals surface area (Å²) in [4.78, 5) is 49.1. The lowest BCUT2D eigenvalue weighted by molar-refractivity contribution is 0.0603. The van der Waals surface area contributed by atoms with Gasteiger partial charge in [0.25, 0.3) is 11.8 Å². The van der Waals surface area contributed by atoms with Crippen molar-refractivity contribution < 1.29 is 36.5 Å². The second kappa shape index (κ2) is 14.9. The Hall–Kier alpha value is -5.31. The minimum absolute atomic E-state index is 0.0995. The summed E-state index contributed by atoms with van der Waals surface area (Å²) in [5.41, 5.74) is 0.859. The molecule has 3 aromatic carbocycles. The Balaban J connectivity index is 1.37. The number of ether oxygens (including phenoxy) is 1. The van der Waals surface area contributed by atoms with Crippen LogP contribution >= 0.6 is 0 Å². The van der Waals surface area contributed by atoms with Crippen molar-refractivity contribution in [3.63, 3.8) is 0 Å². The van der Waals surface area contributed by atoms with E-state index in [1.807, 2.05) is 11.9 Å². The Morgan fingerprint density at radius 2 is 1.65 bits per heavy atom. The second-order valence-corrected chi connectivity index (χ2v) is 15.5. The average molecular weight is 723 g/mol. The van der Waals surface area contributed by atoms with Crippen LogP contribution in [0.5, 0.6) is 0 Å². The lowest BCUT2D eigenvalue weighted by Crippen LogP contribution is -2.31. The summed E-state index contributed by atoms with van der Waals surface area (Å²) in [5, 5.41) is 2.98. The lowest BCUT2D eigenvalue weighted by atomic mass is 10.1. The predicted molar refractivity (Wildman–Crippen MR) is 188 cm³/mol. The van der Waals surface area contributed by atoms with Gasteiger partial charge in [0.1, 0.15) is 22.9 Å². The summed E-state index contributed by atoms with van der Waals surface area (Å²) in [7, 11) is -1.30. The first-order chi connectivity index (χ1) is 24.0. The predicted octanol–water partition coefficient (Wildman–Crippen LogP) is 7.35. The number of hydrogen-bond acceptors (Lipinski definition) is 9. The van der Waals surface area contributed by atoms with Gasteiger partial charge in [0, 0.05) is 49.4 Å². The second-order valence-electron chi connectivity index (χ2n) is 13.1. The van der Waals surface area contributed by atoms with Crippen LogP contribution in [0.15, 0.2) is 71.2 Å². The van der Waals surface area contributed by atoms with Crippen molar-refractivity contribution in [3.8, 4) is 11.3 Å². The number of amides is 3. The van der Waals surface area contributed by atoms with Crippen molar-refractivity contribution in [1.82, 2.24) is 14.9 Å². The zero-order valence-electron chi connectivity index (χ0n) is 28.7. The summed E-state index contributed by atoms with van der Waals surface area (Å²) < 4.78 is 65.3. The molecule has 51 heavy (non-hydrogen) atoms. The fraction of sp³-hybridized carbons (Fsp3) is 0.306. The Labute approximate surface area is 294 Å². The van der Waals surface area contributed by atoms with Crippen LogP contribution in [-0.2, 0) is 20.2 Å². The highest BCUT2D eigenvalue weighted by atomic mass is 32.2. The van der Waals surface area contributed by atoms with Crippen molar-refractivity contribution in [2.45, 2.75) is 45.0 Å². The van der Waals surface area contributed by atoms with E-state index in [0.717, 1.165) is 18.3 Å². The molecule has 1 aliphatic rings. The Bertz CT molecular complexity index is 2100. The van der Waals surface area contributed by atoms with Gasteiger partial charge in [-0.3, -0.25) is 14.5 Å². The average Bonchev–Trinajstić information content (AvgIpc) is 3.27. The number of benzene rings is 3. The third kappa shape index (κ3) is 9.28. The number of unbranched alkanes of at least 4 members (excludes halogenated alkanes) is 1. The molecular weight excluding hydrogens is 685 g/mol. The quantitative estimate of drug-likeness (QED) is 0.125. The van der Waals surface area contributed by atoms with Crippen molar-refractivity contribution in [1.29, 1.82) is 0 Å². The van der Waals surface area contributed by atoms with Crippen molar-refractivity contribution >= 4 is 45.0 Å². The standard InChI is InChI=1S/C36H37F3N6O5S/c1-36(2,3)50-35(48)43-51(5,49)21-22-16-24(41-34-40-20-30(39)31(42-34)28-13-12-23(37)18-29(28)38)19-25(17-22)44(4)14-8-9-15-45-32(46)26-10-6-7-11-27(26)33(45)47/h6-7,10-13,16-20H,8-9,14-15,21H2,1-5H3,(H,40,41,42). The molecular formula is C36H37F3N6O5S. The molecule has 5 rings (SSSR count). The summed E-state index contributed by atoms with van der Waals surface area (Å²) >= 11 is 0. The number of halogens is 3. The van der Waals surface area contributed by atoms with E-state index in [-0.39, 0.29) is 41.3 Å². The highest BCUT2D eigenvalue weighted by molar-refractivity contribution is 7.92. The van der Waals surface area contributed by atoms with Gasteiger partial charge in [-0.05, 0) is 81.6 Å². The van der Waals surface area contributed by atoms with E-state index in [9.17, 15) is 31.8 Å². The molecule has 1 atom stereocenters. The number of carbonyl (C=O) groups excluding carboxylic acids is 3. The number of aromatic nitrogens is 2. The number of rotatable bonds is 11. The topological polar surface area (TPSA) is 134 Å². The Morgan fingerprint density at radius 1 is 0.961 bits per heavy atom. The number of nitrogens with one attached hydrogen (secondary N) is 1. The Kier molecular flexibility index (Phi) is 10.8. The van der Waals surface area contributed by atoms with Crippen LogP contribution in [0.3, 0.4) is 0 Å². The fourth-order valence-electron chi connectivity index (χ4n) is 5.45. The molecule has 0 saturated heterocycles. The molecule has 0 saturated carbocycles. The molecule has 1 aliphatic heterocycles. The molecule has 2 heterocycles. The summed E-state index contributed by atoms with van der Waals surface area (Å²) in [6, 6.07) is 14.5. The van der Waals surface area contributed by atoms with Gasteiger partial charge in [0.05, 0.1) is 32.8 Å².